The molecule has 4 heteroatoms. The number of cyclic esters (lactones) is 1. The molecule has 3 rings (SSSR count). The summed E-state index contributed by atoms with van der Waals surface area (Å²) in [6.07, 6.45) is 2.63. The molecule has 3 aliphatic rings. The van der Waals surface area contributed by atoms with Crippen LogP contribution in [0.5, 0.6) is 0 Å². The van der Waals surface area contributed by atoms with Gasteiger partial charge in [0.2, 0.25) is 0 Å². The van der Waals surface area contributed by atoms with Crippen LogP contribution in [0.1, 0.15) is 60.8 Å². The number of carbonyl (C=O) groups excluding carboxylic acids is 2. The van der Waals surface area contributed by atoms with Gasteiger partial charge in [-0.05, 0) is 36.0 Å². The zero-order valence-electron chi connectivity index (χ0n) is 15.9. The highest BCUT2D eigenvalue weighted by Gasteiger charge is 2.60. The summed E-state index contributed by atoms with van der Waals surface area (Å²) in [5.74, 6) is 0.716. The average Bonchev–Trinajstić information content (AvgIpc) is 3.07. The molecule has 2 saturated carbocycles. The molecule has 6 unspecified atom stereocenters. The quantitative estimate of drug-likeness (QED) is 0.735. The topological polar surface area (TPSA) is 52.6 Å². The molecule has 0 aromatic heterocycles. The lowest BCUT2D eigenvalue weighted by Gasteiger charge is -2.36. The number of fused-ring (bicyclic) bond motifs is 5. The predicted octanol–water partition coefficient (Wildman–Crippen LogP) is 3.83. The molecule has 1 heterocycles. The van der Waals surface area contributed by atoms with Gasteiger partial charge < -0.3 is 9.47 Å². The van der Waals surface area contributed by atoms with E-state index in [9.17, 15) is 9.59 Å². The third kappa shape index (κ3) is 3.21. The lowest BCUT2D eigenvalue weighted by atomic mass is 9.72. The van der Waals surface area contributed by atoms with Gasteiger partial charge in [0.15, 0.2) is 0 Å². The zero-order valence-corrected chi connectivity index (χ0v) is 15.9. The first-order valence-corrected chi connectivity index (χ1v) is 9.34. The maximum atomic E-state index is 12.9. The first kappa shape index (κ1) is 17.8. The number of carbonyl (C=O) groups is 2. The van der Waals surface area contributed by atoms with Crippen LogP contribution in [0.2, 0.25) is 0 Å². The molecule has 4 nitrogen and oxygen atoms in total. The summed E-state index contributed by atoms with van der Waals surface area (Å²) in [5.41, 5.74) is -0.0528. The molecule has 3 fully saturated rings. The summed E-state index contributed by atoms with van der Waals surface area (Å²) < 4.78 is 11.2. The minimum absolute atomic E-state index is 0.0303. The van der Waals surface area contributed by atoms with Crippen LogP contribution < -0.4 is 0 Å². The smallest absolute Gasteiger partial charge is 0.309 e. The molecular formula is C20H32O4. The summed E-state index contributed by atoms with van der Waals surface area (Å²) in [6.45, 7) is 13.4. The third-order valence-corrected chi connectivity index (χ3v) is 6.22. The monoisotopic (exact) mass is 336 g/mol. The van der Waals surface area contributed by atoms with Crippen molar-refractivity contribution in [3.05, 3.63) is 0 Å². The van der Waals surface area contributed by atoms with Crippen LogP contribution in [-0.4, -0.2) is 24.6 Å². The minimum atomic E-state index is -0.128. The minimum Gasteiger partial charge on any atom is -0.465 e. The Labute approximate surface area is 145 Å². The number of hydrogen-bond donors (Lipinski definition) is 0. The van der Waals surface area contributed by atoms with Crippen LogP contribution in [0.25, 0.3) is 0 Å². The van der Waals surface area contributed by atoms with Crippen molar-refractivity contribution < 1.29 is 19.1 Å². The molecule has 0 aromatic carbocycles. The fraction of sp³-hybridized carbons (Fsp3) is 0.900. The Balaban J connectivity index is 1.69. The number of ether oxygens (including phenoxy) is 2. The van der Waals surface area contributed by atoms with Crippen LogP contribution in [-0.2, 0) is 19.1 Å². The van der Waals surface area contributed by atoms with Crippen molar-refractivity contribution in [3.63, 3.8) is 0 Å². The van der Waals surface area contributed by atoms with E-state index in [1.165, 1.54) is 0 Å². The fourth-order valence-corrected chi connectivity index (χ4v) is 5.00. The van der Waals surface area contributed by atoms with E-state index in [1.807, 2.05) is 0 Å². The van der Waals surface area contributed by atoms with Gasteiger partial charge >= 0.3 is 11.9 Å². The van der Waals surface area contributed by atoms with Crippen LogP contribution in [0.3, 0.4) is 0 Å². The van der Waals surface area contributed by atoms with Gasteiger partial charge in [0, 0.05) is 11.8 Å². The van der Waals surface area contributed by atoms with Gasteiger partial charge in [0.05, 0.1) is 18.4 Å². The van der Waals surface area contributed by atoms with Crippen molar-refractivity contribution in [1.29, 1.82) is 0 Å². The van der Waals surface area contributed by atoms with Gasteiger partial charge in [0.25, 0.3) is 0 Å². The SMILES string of the molecule is CC(C)(C)CC(C(=O)OC1CC2CC1C1C(=O)OCC21)C(C)(C)C. The molecule has 1 saturated heterocycles. The fourth-order valence-electron chi connectivity index (χ4n) is 5.00. The Kier molecular flexibility index (Phi) is 4.25. The van der Waals surface area contributed by atoms with E-state index >= 15 is 0 Å². The summed E-state index contributed by atoms with van der Waals surface area (Å²) in [5, 5.41) is 0. The normalized spacial score (nSPS) is 36.4. The predicted molar refractivity (Wildman–Crippen MR) is 91.1 cm³/mol. The standard InChI is InChI=1S/C20H32O4/c1-19(2,3)9-14(20(4,5)6)17(21)24-15-8-11-7-12(15)16-13(11)10-23-18(16)22/h11-16H,7-10H2,1-6H3. The van der Waals surface area contributed by atoms with Crippen molar-refractivity contribution in [2.75, 3.05) is 6.61 Å². The molecular weight excluding hydrogens is 304 g/mol. The lowest BCUT2D eigenvalue weighted by molar-refractivity contribution is -0.165. The molecule has 1 aliphatic heterocycles. The largest absolute Gasteiger partial charge is 0.465 e. The van der Waals surface area contributed by atoms with Crippen LogP contribution in [0.15, 0.2) is 0 Å². The number of esters is 2. The van der Waals surface area contributed by atoms with Gasteiger partial charge in [-0.25, -0.2) is 0 Å². The third-order valence-electron chi connectivity index (χ3n) is 6.22. The molecule has 2 bridgehead atoms. The Morgan fingerprint density at radius 3 is 2.42 bits per heavy atom. The second-order valence-electron chi connectivity index (χ2n) is 10.4. The molecule has 24 heavy (non-hydrogen) atoms. The Morgan fingerprint density at radius 2 is 1.83 bits per heavy atom. The van der Waals surface area contributed by atoms with E-state index in [4.69, 9.17) is 9.47 Å². The van der Waals surface area contributed by atoms with Gasteiger partial charge in [-0.3, -0.25) is 9.59 Å². The Morgan fingerprint density at radius 1 is 1.17 bits per heavy atom. The van der Waals surface area contributed by atoms with Crippen molar-refractivity contribution in [2.45, 2.75) is 66.9 Å². The summed E-state index contributed by atoms with van der Waals surface area (Å²) >= 11 is 0. The molecule has 0 radical (unpaired) electrons. The second kappa shape index (κ2) is 5.74. The van der Waals surface area contributed by atoms with Gasteiger partial charge in [-0.1, -0.05) is 41.5 Å². The Hall–Kier alpha value is -1.06. The van der Waals surface area contributed by atoms with Crippen molar-refractivity contribution in [2.24, 2.45) is 40.4 Å². The van der Waals surface area contributed by atoms with E-state index in [0.29, 0.717) is 18.4 Å². The molecule has 0 aromatic rings. The maximum Gasteiger partial charge on any atom is 0.309 e. The van der Waals surface area contributed by atoms with Crippen molar-refractivity contribution in [3.8, 4) is 0 Å². The first-order valence-electron chi connectivity index (χ1n) is 9.34. The van der Waals surface area contributed by atoms with Crippen LogP contribution in [0.4, 0.5) is 0 Å². The molecule has 2 aliphatic carbocycles. The second-order valence-corrected chi connectivity index (χ2v) is 10.4. The Bertz CT molecular complexity index is 525. The number of rotatable bonds is 3. The van der Waals surface area contributed by atoms with E-state index in [0.717, 1.165) is 19.3 Å². The van der Waals surface area contributed by atoms with Crippen LogP contribution in [0, 0.1) is 40.4 Å². The van der Waals surface area contributed by atoms with E-state index < -0.39 is 0 Å². The number of hydrogen-bond acceptors (Lipinski definition) is 4. The van der Waals surface area contributed by atoms with Gasteiger partial charge in [-0.2, -0.15) is 0 Å². The zero-order chi connectivity index (χ0) is 17.9. The summed E-state index contributed by atoms with van der Waals surface area (Å²) in [4.78, 5) is 24.9. The van der Waals surface area contributed by atoms with Crippen molar-refractivity contribution >= 4 is 11.9 Å². The van der Waals surface area contributed by atoms with E-state index in [1.54, 1.807) is 0 Å². The first-order chi connectivity index (χ1) is 11.0. The molecule has 6 atom stereocenters. The lowest BCUT2D eigenvalue weighted by Crippen LogP contribution is -2.40. The van der Waals surface area contributed by atoms with Gasteiger partial charge in [0.1, 0.15) is 6.10 Å². The molecule has 136 valence electrons. The molecule has 0 N–H and O–H groups in total. The summed E-state index contributed by atoms with van der Waals surface area (Å²) in [7, 11) is 0. The summed E-state index contributed by atoms with van der Waals surface area (Å²) in [6, 6.07) is 0. The van der Waals surface area contributed by atoms with E-state index in [-0.39, 0.29) is 46.6 Å². The van der Waals surface area contributed by atoms with Crippen molar-refractivity contribution in [1.82, 2.24) is 0 Å². The maximum absolute atomic E-state index is 12.9. The highest BCUT2D eigenvalue weighted by Crippen LogP contribution is 2.56. The van der Waals surface area contributed by atoms with E-state index in [2.05, 4.69) is 41.5 Å². The van der Waals surface area contributed by atoms with Gasteiger partial charge in [-0.15, -0.1) is 0 Å². The highest BCUT2D eigenvalue weighted by molar-refractivity contribution is 5.77. The molecule has 0 spiro atoms. The highest BCUT2D eigenvalue weighted by atomic mass is 16.6. The van der Waals surface area contributed by atoms with Crippen LogP contribution >= 0.6 is 0 Å². The average molecular weight is 336 g/mol. The molecule has 0 amide bonds.